The van der Waals surface area contributed by atoms with Crippen LogP contribution in [-0.2, 0) is 10.2 Å². The molecule has 0 saturated carbocycles. The first-order valence-corrected chi connectivity index (χ1v) is 7.49. The number of benzene rings is 1. The van der Waals surface area contributed by atoms with E-state index in [9.17, 15) is 10.1 Å². The van der Waals surface area contributed by atoms with Crippen LogP contribution >= 0.6 is 22.6 Å². The van der Waals surface area contributed by atoms with Gasteiger partial charge < -0.3 is 9.64 Å². The molecule has 2 rings (SSSR count). The predicted molar refractivity (Wildman–Crippen MR) is 84.3 cm³/mol. The highest BCUT2D eigenvalue weighted by Crippen LogP contribution is 2.37. The first-order valence-electron chi connectivity index (χ1n) is 6.42. The number of hydrogen-bond donors (Lipinski definition) is 0. The van der Waals surface area contributed by atoms with Crippen LogP contribution in [0.5, 0.6) is 0 Å². The Kier molecular flexibility index (Phi) is 3.96. The van der Waals surface area contributed by atoms with Crippen LogP contribution in [0.2, 0.25) is 0 Å². The minimum Gasteiger partial charge on any atom is -0.444 e. The molecule has 0 unspecified atom stereocenters. The summed E-state index contributed by atoms with van der Waals surface area (Å²) in [6.45, 7) is 6.28. The molecule has 0 radical (unpaired) electrons. The lowest BCUT2D eigenvalue weighted by Crippen LogP contribution is -2.61. The molecule has 0 spiro atoms. The smallest absolute Gasteiger partial charge is 0.410 e. The quantitative estimate of drug-likeness (QED) is 0.699. The SMILES string of the molecule is CC(C)(C)OC(=O)N1CC(C#N)(c2ccccc2I)C1. The van der Waals surface area contributed by atoms with Crippen LogP contribution in [-0.4, -0.2) is 29.7 Å². The van der Waals surface area contributed by atoms with Crippen LogP contribution in [0.4, 0.5) is 4.79 Å². The fourth-order valence-electron chi connectivity index (χ4n) is 2.21. The van der Waals surface area contributed by atoms with Crippen molar-refractivity contribution in [1.82, 2.24) is 4.90 Å². The van der Waals surface area contributed by atoms with E-state index in [1.807, 2.05) is 45.0 Å². The molecule has 20 heavy (non-hydrogen) atoms. The van der Waals surface area contributed by atoms with Crippen molar-refractivity contribution in [1.29, 1.82) is 5.26 Å². The normalized spacial score (nSPS) is 17.1. The molecule has 1 heterocycles. The van der Waals surface area contributed by atoms with Gasteiger partial charge in [-0.1, -0.05) is 18.2 Å². The summed E-state index contributed by atoms with van der Waals surface area (Å²) >= 11 is 2.23. The molecule has 0 atom stereocenters. The molecule has 106 valence electrons. The minimum absolute atomic E-state index is 0.352. The van der Waals surface area contributed by atoms with Crippen molar-refractivity contribution >= 4 is 28.7 Å². The van der Waals surface area contributed by atoms with Crippen LogP contribution in [0.25, 0.3) is 0 Å². The summed E-state index contributed by atoms with van der Waals surface area (Å²) in [5.41, 5.74) is -0.124. The van der Waals surface area contributed by atoms with Crippen LogP contribution in [0.1, 0.15) is 26.3 Å². The highest BCUT2D eigenvalue weighted by Gasteiger charge is 2.49. The molecule has 5 heteroatoms. The maximum Gasteiger partial charge on any atom is 0.410 e. The molecule has 1 aliphatic rings. The summed E-state index contributed by atoms with van der Waals surface area (Å²) in [6.07, 6.45) is -0.352. The third-order valence-corrected chi connectivity index (χ3v) is 4.12. The van der Waals surface area contributed by atoms with Gasteiger partial charge in [-0.2, -0.15) is 5.26 Å². The zero-order valence-corrected chi connectivity index (χ0v) is 14.0. The number of carbonyl (C=O) groups is 1. The van der Waals surface area contributed by atoms with E-state index in [0.717, 1.165) is 9.13 Å². The van der Waals surface area contributed by atoms with Crippen LogP contribution < -0.4 is 0 Å². The minimum atomic E-state index is -0.602. The molecule has 0 aromatic heterocycles. The Bertz CT molecular complexity index is 566. The van der Waals surface area contributed by atoms with E-state index in [-0.39, 0.29) is 6.09 Å². The van der Waals surface area contributed by atoms with Gasteiger partial charge in [0.1, 0.15) is 11.0 Å². The van der Waals surface area contributed by atoms with Crippen molar-refractivity contribution in [3.05, 3.63) is 33.4 Å². The molecule has 1 saturated heterocycles. The Hall–Kier alpha value is -1.29. The fraction of sp³-hybridized carbons (Fsp3) is 0.467. The van der Waals surface area contributed by atoms with E-state index in [2.05, 4.69) is 28.7 Å². The number of ether oxygens (including phenoxy) is 1. The Morgan fingerprint density at radius 3 is 2.50 bits per heavy atom. The predicted octanol–water partition coefficient (Wildman–Crippen LogP) is 3.30. The molecule has 1 aromatic carbocycles. The van der Waals surface area contributed by atoms with E-state index in [1.54, 1.807) is 4.90 Å². The Morgan fingerprint density at radius 2 is 2.00 bits per heavy atom. The second-order valence-electron chi connectivity index (χ2n) is 6.01. The number of rotatable bonds is 1. The molecule has 1 aromatic rings. The topological polar surface area (TPSA) is 53.3 Å². The maximum absolute atomic E-state index is 12.0. The molecule has 0 bridgehead atoms. The number of nitriles is 1. The Labute approximate surface area is 132 Å². The standard InChI is InChI=1S/C15H17IN2O2/c1-14(2,3)20-13(19)18-9-15(8-17,10-18)11-6-4-5-7-12(11)16/h4-7H,9-10H2,1-3H3. The third-order valence-electron chi connectivity index (χ3n) is 3.18. The van der Waals surface area contributed by atoms with E-state index in [1.165, 1.54) is 0 Å². The Balaban J connectivity index is 2.12. The first-order chi connectivity index (χ1) is 9.27. The van der Waals surface area contributed by atoms with Gasteiger partial charge in [0, 0.05) is 16.7 Å². The summed E-state index contributed by atoms with van der Waals surface area (Å²) in [6, 6.07) is 10.2. The third kappa shape index (κ3) is 2.90. The van der Waals surface area contributed by atoms with Crippen LogP contribution in [0.15, 0.2) is 24.3 Å². The van der Waals surface area contributed by atoms with E-state index < -0.39 is 11.0 Å². The number of nitrogens with zero attached hydrogens (tertiary/aromatic N) is 2. The molecule has 0 aliphatic carbocycles. The second kappa shape index (κ2) is 5.24. The largest absolute Gasteiger partial charge is 0.444 e. The van der Waals surface area contributed by atoms with E-state index >= 15 is 0 Å². The molecular formula is C15H17IN2O2. The molecular weight excluding hydrogens is 367 g/mol. The lowest BCUT2D eigenvalue weighted by Gasteiger charge is -2.46. The van der Waals surface area contributed by atoms with Gasteiger partial charge in [-0.05, 0) is 55.0 Å². The first kappa shape index (κ1) is 15.1. The van der Waals surface area contributed by atoms with Gasteiger partial charge in [0.2, 0.25) is 0 Å². The zero-order valence-electron chi connectivity index (χ0n) is 11.8. The van der Waals surface area contributed by atoms with E-state index in [4.69, 9.17) is 4.74 Å². The van der Waals surface area contributed by atoms with Crippen molar-refractivity contribution in [2.24, 2.45) is 0 Å². The van der Waals surface area contributed by atoms with Crippen molar-refractivity contribution in [3.8, 4) is 6.07 Å². The monoisotopic (exact) mass is 384 g/mol. The molecule has 4 nitrogen and oxygen atoms in total. The van der Waals surface area contributed by atoms with Crippen LogP contribution in [0.3, 0.4) is 0 Å². The van der Waals surface area contributed by atoms with Crippen molar-refractivity contribution in [3.63, 3.8) is 0 Å². The summed E-state index contributed by atoms with van der Waals surface area (Å²) in [7, 11) is 0. The second-order valence-corrected chi connectivity index (χ2v) is 7.17. The van der Waals surface area contributed by atoms with Gasteiger partial charge in [0.25, 0.3) is 0 Å². The van der Waals surface area contributed by atoms with Gasteiger partial charge in [0.05, 0.1) is 6.07 Å². The lowest BCUT2D eigenvalue weighted by atomic mass is 9.75. The Morgan fingerprint density at radius 1 is 1.40 bits per heavy atom. The lowest BCUT2D eigenvalue weighted by molar-refractivity contribution is -0.000556. The number of amides is 1. The number of likely N-dealkylation sites (tertiary alicyclic amines) is 1. The zero-order chi connectivity index (χ0) is 15.0. The van der Waals surface area contributed by atoms with Crippen LogP contribution in [0, 0.1) is 14.9 Å². The molecule has 1 fully saturated rings. The number of halogens is 1. The van der Waals surface area contributed by atoms with Gasteiger partial charge in [-0.15, -0.1) is 0 Å². The summed E-state index contributed by atoms with van der Waals surface area (Å²) in [5.74, 6) is 0. The fourth-order valence-corrected chi connectivity index (χ4v) is 3.12. The van der Waals surface area contributed by atoms with Gasteiger partial charge in [-0.25, -0.2) is 4.79 Å². The highest BCUT2D eigenvalue weighted by atomic mass is 127. The van der Waals surface area contributed by atoms with E-state index in [0.29, 0.717) is 13.1 Å². The summed E-state index contributed by atoms with van der Waals surface area (Å²) < 4.78 is 6.37. The molecule has 1 aliphatic heterocycles. The van der Waals surface area contributed by atoms with Gasteiger partial charge in [0.15, 0.2) is 0 Å². The van der Waals surface area contributed by atoms with Crippen molar-refractivity contribution in [2.45, 2.75) is 31.8 Å². The highest BCUT2D eigenvalue weighted by molar-refractivity contribution is 14.1. The van der Waals surface area contributed by atoms with Crippen molar-refractivity contribution < 1.29 is 9.53 Å². The maximum atomic E-state index is 12.0. The number of carbonyl (C=O) groups excluding carboxylic acids is 1. The molecule has 1 amide bonds. The summed E-state index contributed by atoms with van der Waals surface area (Å²) in [4.78, 5) is 13.5. The average Bonchev–Trinajstić information content (AvgIpc) is 2.28. The number of hydrogen-bond acceptors (Lipinski definition) is 3. The molecule has 0 N–H and O–H groups in total. The van der Waals surface area contributed by atoms with Gasteiger partial charge in [-0.3, -0.25) is 0 Å². The van der Waals surface area contributed by atoms with Crippen molar-refractivity contribution in [2.75, 3.05) is 13.1 Å². The average molecular weight is 384 g/mol. The summed E-state index contributed by atoms with van der Waals surface area (Å²) in [5, 5.41) is 9.51. The van der Waals surface area contributed by atoms with Gasteiger partial charge >= 0.3 is 6.09 Å².